The molecule has 2 aromatic rings. The van der Waals surface area contributed by atoms with E-state index in [0.717, 1.165) is 10.6 Å². The maximum absolute atomic E-state index is 12.3. The highest BCUT2D eigenvalue weighted by atomic mass is 32.2. The molecule has 0 saturated heterocycles. The van der Waals surface area contributed by atoms with Crippen molar-refractivity contribution >= 4 is 33.3 Å². The summed E-state index contributed by atoms with van der Waals surface area (Å²) in [6.07, 6.45) is 0.985. The standard InChI is InChI=1S/C18H20N2O6S/c1-25-16-9-7-14(8-10-16)19-17(21)12-20(27(3,23)24)15-6-4-5-13(11-15)18(22)26-2/h4-11H,12H2,1-3H3,(H,19,21). The van der Waals surface area contributed by atoms with Crippen LogP contribution in [0.15, 0.2) is 48.5 Å². The van der Waals surface area contributed by atoms with Crippen molar-refractivity contribution in [2.24, 2.45) is 0 Å². The molecule has 9 heteroatoms. The SMILES string of the molecule is COC(=O)c1cccc(N(CC(=O)Nc2ccc(OC)cc2)S(C)(=O)=O)c1. The Labute approximate surface area is 157 Å². The number of esters is 1. The summed E-state index contributed by atoms with van der Waals surface area (Å²) in [6, 6.07) is 12.5. The smallest absolute Gasteiger partial charge is 0.337 e. The molecule has 0 aliphatic carbocycles. The van der Waals surface area contributed by atoms with E-state index >= 15 is 0 Å². The van der Waals surface area contributed by atoms with Crippen LogP contribution >= 0.6 is 0 Å². The number of sulfonamides is 1. The fourth-order valence-corrected chi connectivity index (χ4v) is 3.16. The van der Waals surface area contributed by atoms with Gasteiger partial charge < -0.3 is 14.8 Å². The van der Waals surface area contributed by atoms with E-state index in [1.165, 1.54) is 38.5 Å². The van der Waals surface area contributed by atoms with Crippen LogP contribution in [0.1, 0.15) is 10.4 Å². The zero-order valence-electron chi connectivity index (χ0n) is 15.1. The highest BCUT2D eigenvalue weighted by Gasteiger charge is 2.22. The monoisotopic (exact) mass is 392 g/mol. The fourth-order valence-electron chi connectivity index (χ4n) is 2.31. The van der Waals surface area contributed by atoms with Gasteiger partial charge in [-0.25, -0.2) is 13.2 Å². The van der Waals surface area contributed by atoms with Crippen LogP contribution < -0.4 is 14.4 Å². The summed E-state index contributed by atoms with van der Waals surface area (Å²) in [5, 5.41) is 2.62. The van der Waals surface area contributed by atoms with Crippen molar-refractivity contribution in [2.75, 3.05) is 36.6 Å². The molecule has 0 fully saturated rings. The van der Waals surface area contributed by atoms with Crippen molar-refractivity contribution in [1.82, 2.24) is 0 Å². The average molecular weight is 392 g/mol. The molecule has 0 aliphatic heterocycles. The zero-order valence-corrected chi connectivity index (χ0v) is 15.9. The molecule has 0 radical (unpaired) electrons. The van der Waals surface area contributed by atoms with Crippen molar-refractivity contribution in [1.29, 1.82) is 0 Å². The number of ether oxygens (including phenoxy) is 2. The lowest BCUT2D eigenvalue weighted by Gasteiger charge is -2.22. The van der Waals surface area contributed by atoms with Gasteiger partial charge in [0.1, 0.15) is 12.3 Å². The van der Waals surface area contributed by atoms with Gasteiger partial charge in [-0.05, 0) is 42.5 Å². The molecule has 2 aromatic carbocycles. The third-order valence-electron chi connectivity index (χ3n) is 3.62. The van der Waals surface area contributed by atoms with Crippen LogP contribution in [0.3, 0.4) is 0 Å². The van der Waals surface area contributed by atoms with Crippen LogP contribution in [0.25, 0.3) is 0 Å². The molecule has 0 spiro atoms. The van der Waals surface area contributed by atoms with Gasteiger partial charge in [0.2, 0.25) is 15.9 Å². The molecule has 0 aromatic heterocycles. The number of anilines is 2. The van der Waals surface area contributed by atoms with Gasteiger partial charge in [0.05, 0.1) is 31.7 Å². The van der Waals surface area contributed by atoms with E-state index in [9.17, 15) is 18.0 Å². The molecule has 0 heterocycles. The van der Waals surface area contributed by atoms with E-state index < -0.39 is 28.4 Å². The largest absolute Gasteiger partial charge is 0.497 e. The second-order valence-electron chi connectivity index (χ2n) is 5.59. The molecule has 1 N–H and O–H groups in total. The first kappa shape index (κ1) is 20.2. The molecule has 0 bridgehead atoms. The Morgan fingerprint density at radius 1 is 1.07 bits per heavy atom. The summed E-state index contributed by atoms with van der Waals surface area (Å²) in [5.74, 6) is -0.507. The molecule has 2 rings (SSSR count). The Balaban J connectivity index is 2.22. The Morgan fingerprint density at radius 3 is 2.30 bits per heavy atom. The van der Waals surface area contributed by atoms with Crippen LogP contribution in [0.4, 0.5) is 11.4 Å². The molecule has 144 valence electrons. The van der Waals surface area contributed by atoms with Crippen LogP contribution in [0.5, 0.6) is 5.75 Å². The quantitative estimate of drug-likeness (QED) is 0.722. The minimum absolute atomic E-state index is 0.180. The fraction of sp³-hybridized carbons (Fsp3) is 0.222. The normalized spacial score (nSPS) is 10.8. The van der Waals surface area contributed by atoms with Gasteiger partial charge in [-0.3, -0.25) is 9.10 Å². The molecule has 1 amide bonds. The molecule has 0 aliphatic rings. The number of amides is 1. The van der Waals surface area contributed by atoms with E-state index in [-0.39, 0.29) is 11.3 Å². The minimum atomic E-state index is -3.76. The summed E-state index contributed by atoms with van der Waals surface area (Å²) in [6.45, 7) is -0.449. The maximum Gasteiger partial charge on any atom is 0.337 e. The Bertz CT molecular complexity index is 925. The molecule has 0 atom stereocenters. The highest BCUT2D eigenvalue weighted by Crippen LogP contribution is 2.20. The summed E-state index contributed by atoms with van der Waals surface area (Å²) >= 11 is 0. The number of nitrogens with one attached hydrogen (secondary N) is 1. The summed E-state index contributed by atoms with van der Waals surface area (Å²) in [4.78, 5) is 24.0. The lowest BCUT2D eigenvalue weighted by Crippen LogP contribution is -2.37. The zero-order chi connectivity index (χ0) is 20.0. The third-order valence-corrected chi connectivity index (χ3v) is 4.76. The van der Waals surface area contributed by atoms with Gasteiger partial charge in [0.15, 0.2) is 0 Å². The first-order chi connectivity index (χ1) is 12.7. The number of hydrogen-bond acceptors (Lipinski definition) is 6. The van der Waals surface area contributed by atoms with Crippen molar-refractivity contribution in [3.05, 3.63) is 54.1 Å². The average Bonchev–Trinajstić information content (AvgIpc) is 2.65. The number of nitrogens with zero attached hydrogens (tertiary/aromatic N) is 1. The molecule has 8 nitrogen and oxygen atoms in total. The second-order valence-corrected chi connectivity index (χ2v) is 7.50. The number of rotatable bonds is 7. The summed E-state index contributed by atoms with van der Waals surface area (Å²) in [5.41, 5.74) is 0.863. The van der Waals surface area contributed by atoms with E-state index in [4.69, 9.17) is 4.74 Å². The van der Waals surface area contributed by atoms with Gasteiger partial charge >= 0.3 is 5.97 Å². The molecular formula is C18H20N2O6S. The lowest BCUT2D eigenvalue weighted by molar-refractivity contribution is -0.114. The van der Waals surface area contributed by atoms with Crippen molar-refractivity contribution in [2.45, 2.75) is 0 Å². The Kier molecular flexibility index (Phi) is 6.40. The number of benzene rings is 2. The van der Waals surface area contributed by atoms with Crippen molar-refractivity contribution < 1.29 is 27.5 Å². The number of carbonyl (C=O) groups excluding carboxylic acids is 2. The van der Waals surface area contributed by atoms with E-state index in [0.29, 0.717) is 11.4 Å². The van der Waals surface area contributed by atoms with Gasteiger partial charge in [0, 0.05) is 5.69 Å². The number of carbonyl (C=O) groups is 2. The Morgan fingerprint density at radius 2 is 1.74 bits per heavy atom. The highest BCUT2D eigenvalue weighted by molar-refractivity contribution is 7.92. The van der Waals surface area contributed by atoms with Crippen LogP contribution in [0, 0.1) is 0 Å². The van der Waals surface area contributed by atoms with Crippen LogP contribution in [0.2, 0.25) is 0 Å². The lowest BCUT2D eigenvalue weighted by atomic mass is 10.2. The molecule has 0 saturated carbocycles. The van der Waals surface area contributed by atoms with Gasteiger partial charge in [-0.2, -0.15) is 0 Å². The minimum Gasteiger partial charge on any atom is -0.497 e. The van der Waals surface area contributed by atoms with Gasteiger partial charge in [0.25, 0.3) is 0 Å². The van der Waals surface area contributed by atoms with Gasteiger partial charge in [-0.1, -0.05) is 6.07 Å². The van der Waals surface area contributed by atoms with Crippen LogP contribution in [-0.4, -0.2) is 47.3 Å². The first-order valence-corrected chi connectivity index (χ1v) is 9.69. The van der Waals surface area contributed by atoms with Crippen molar-refractivity contribution in [3.8, 4) is 5.75 Å². The maximum atomic E-state index is 12.3. The first-order valence-electron chi connectivity index (χ1n) is 7.84. The molecule has 0 unspecified atom stereocenters. The van der Waals surface area contributed by atoms with E-state index in [2.05, 4.69) is 10.1 Å². The Hall–Kier alpha value is -3.07. The van der Waals surface area contributed by atoms with Crippen LogP contribution in [-0.2, 0) is 19.6 Å². The molecular weight excluding hydrogens is 372 g/mol. The topological polar surface area (TPSA) is 102 Å². The predicted molar refractivity (Wildman–Crippen MR) is 102 cm³/mol. The summed E-state index contributed by atoms with van der Waals surface area (Å²) in [7, 11) is -1.01. The second kappa shape index (κ2) is 8.54. The third kappa shape index (κ3) is 5.45. The van der Waals surface area contributed by atoms with E-state index in [1.807, 2.05) is 0 Å². The summed E-state index contributed by atoms with van der Waals surface area (Å²) < 4.78 is 34.9. The van der Waals surface area contributed by atoms with Crippen molar-refractivity contribution in [3.63, 3.8) is 0 Å². The number of methoxy groups -OCH3 is 2. The van der Waals surface area contributed by atoms with E-state index in [1.54, 1.807) is 24.3 Å². The number of hydrogen-bond donors (Lipinski definition) is 1. The predicted octanol–water partition coefficient (Wildman–Crippen LogP) is 1.89. The van der Waals surface area contributed by atoms with Gasteiger partial charge in [-0.15, -0.1) is 0 Å². The molecule has 27 heavy (non-hydrogen) atoms.